The Kier molecular flexibility index (Phi) is 7.45. The van der Waals surface area contributed by atoms with Crippen molar-refractivity contribution in [1.29, 1.82) is 0 Å². The molecule has 21 heavy (non-hydrogen) atoms. The summed E-state index contributed by atoms with van der Waals surface area (Å²) in [7, 11) is -3.57. The van der Waals surface area contributed by atoms with Crippen molar-refractivity contribution in [3.8, 4) is 0 Å². The number of hydrogen-bond donors (Lipinski definition) is 2. The molecule has 7 heteroatoms. The van der Waals surface area contributed by atoms with E-state index in [1.807, 2.05) is 0 Å². The Morgan fingerprint density at radius 3 is 2.62 bits per heavy atom. The Hall–Kier alpha value is -0.820. The molecule has 0 unspecified atom stereocenters. The highest BCUT2D eigenvalue weighted by Gasteiger charge is 2.17. The van der Waals surface area contributed by atoms with Crippen LogP contribution in [-0.4, -0.2) is 28.2 Å². The standard InChI is InChI=1S/C14H23ClN2O3S/c1-3-4-7-20-8-5-6-17-21(18,19)14-10-13(16)12(15)9-11(14)2/h9-10,17H,3-8,16H2,1-2H3. The van der Waals surface area contributed by atoms with Crippen LogP contribution >= 0.6 is 11.6 Å². The lowest BCUT2D eigenvalue weighted by Crippen LogP contribution is -2.26. The number of rotatable bonds is 9. The first-order chi connectivity index (χ1) is 9.88. The quantitative estimate of drug-likeness (QED) is 0.537. The maximum Gasteiger partial charge on any atom is 0.240 e. The van der Waals surface area contributed by atoms with E-state index >= 15 is 0 Å². The molecule has 5 nitrogen and oxygen atoms in total. The molecule has 0 spiro atoms. The summed E-state index contributed by atoms with van der Waals surface area (Å²) in [5, 5.41) is 0.357. The first-order valence-electron chi connectivity index (χ1n) is 7.01. The fraction of sp³-hybridized carbons (Fsp3) is 0.571. The Morgan fingerprint density at radius 1 is 1.29 bits per heavy atom. The number of nitrogens with one attached hydrogen (secondary N) is 1. The van der Waals surface area contributed by atoms with Crippen LogP contribution in [0.25, 0.3) is 0 Å². The number of halogens is 1. The molecule has 0 aliphatic rings. The Balaban J connectivity index is 2.53. The largest absolute Gasteiger partial charge is 0.397 e. The van der Waals surface area contributed by atoms with Crippen LogP contribution in [0.4, 0.5) is 5.69 Å². The minimum absolute atomic E-state index is 0.163. The van der Waals surface area contributed by atoms with Crippen LogP contribution in [-0.2, 0) is 14.8 Å². The van der Waals surface area contributed by atoms with Gasteiger partial charge in [-0.3, -0.25) is 0 Å². The smallest absolute Gasteiger partial charge is 0.240 e. The number of ether oxygens (including phenoxy) is 1. The maximum atomic E-state index is 12.2. The van der Waals surface area contributed by atoms with E-state index in [0.29, 0.717) is 30.2 Å². The van der Waals surface area contributed by atoms with Gasteiger partial charge in [0, 0.05) is 19.8 Å². The lowest BCUT2D eigenvalue weighted by atomic mass is 10.2. The summed E-state index contributed by atoms with van der Waals surface area (Å²) in [6.45, 7) is 5.38. The lowest BCUT2D eigenvalue weighted by Gasteiger charge is -2.11. The van der Waals surface area contributed by atoms with Crippen molar-refractivity contribution in [2.75, 3.05) is 25.5 Å². The predicted octanol–water partition coefficient (Wildman–Crippen LogP) is 2.72. The summed E-state index contributed by atoms with van der Waals surface area (Å²) in [5.74, 6) is 0. The second-order valence-corrected chi connectivity index (χ2v) is 7.00. The van der Waals surface area contributed by atoms with Gasteiger partial charge in [0.15, 0.2) is 0 Å². The van der Waals surface area contributed by atoms with Gasteiger partial charge in [0.05, 0.1) is 15.6 Å². The molecule has 0 atom stereocenters. The number of unbranched alkanes of at least 4 members (excludes halogenated alkanes) is 1. The normalized spacial score (nSPS) is 11.8. The summed E-state index contributed by atoms with van der Waals surface area (Å²) in [5.41, 5.74) is 6.49. The number of sulfonamides is 1. The molecule has 1 rings (SSSR count). The molecule has 1 aromatic carbocycles. The minimum atomic E-state index is -3.57. The van der Waals surface area contributed by atoms with Crippen LogP contribution in [0.15, 0.2) is 17.0 Å². The third kappa shape index (κ3) is 5.82. The second kappa shape index (κ2) is 8.58. The van der Waals surface area contributed by atoms with Gasteiger partial charge in [0.2, 0.25) is 10.0 Å². The van der Waals surface area contributed by atoms with Gasteiger partial charge in [-0.05, 0) is 37.5 Å². The fourth-order valence-corrected chi connectivity index (χ4v) is 3.32. The minimum Gasteiger partial charge on any atom is -0.397 e. The van der Waals surface area contributed by atoms with Crippen LogP contribution in [0.5, 0.6) is 0 Å². The van der Waals surface area contributed by atoms with Crippen LogP contribution < -0.4 is 10.5 Å². The Labute approximate surface area is 131 Å². The van der Waals surface area contributed by atoms with Crippen LogP contribution in [0.3, 0.4) is 0 Å². The van der Waals surface area contributed by atoms with Crippen LogP contribution in [0.2, 0.25) is 5.02 Å². The average Bonchev–Trinajstić information content (AvgIpc) is 2.41. The molecular formula is C14H23ClN2O3S. The number of nitrogens with two attached hydrogens (primary N) is 1. The fourth-order valence-electron chi connectivity index (χ4n) is 1.77. The molecule has 0 saturated heterocycles. The molecule has 0 fully saturated rings. The summed E-state index contributed by atoms with van der Waals surface area (Å²) in [6.07, 6.45) is 2.74. The summed E-state index contributed by atoms with van der Waals surface area (Å²) >= 11 is 5.87. The van der Waals surface area contributed by atoms with Crippen molar-refractivity contribution in [1.82, 2.24) is 4.72 Å². The molecule has 120 valence electrons. The molecule has 0 saturated carbocycles. The van der Waals surface area contributed by atoms with E-state index in [-0.39, 0.29) is 10.6 Å². The van der Waals surface area contributed by atoms with Crippen LogP contribution in [0, 0.1) is 6.92 Å². The van der Waals surface area contributed by atoms with Gasteiger partial charge in [-0.15, -0.1) is 0 Å². The van der Waals surface area contributed by atoms with Crippen LogP contribution in [0.1, 0.15) is 31.7 Å². The zero-order chi connectivity index (χ0) is 15.9. The van der Waals surface area contributed by atoms with E-state index < -0.39 is 10.0 Å². The van der Waals surface area contributed by atoms with Gasteiger partial charge >= 0.3 is 0 Å². The first-order valence-corrected chi connectivity index (χ1v) is 8.87. The molecule has 0 radical (unpaired) electrons. The van der Waals surface area contributed by atoms with Crippen molar-refractivity contribution in [2.45, 2.75) is 38.0 Å². The molecule has 3 N–H and O–H groups in total. The van der Waals surface area contributed by atoms with E-state index in [2.05, 4.69) is 11.6 Å². The van der Waals surface area contributed by atoms with Gasteiger partial charge < -0.3 is 10.5 Å². The second-order valence-electron chi connectivity index (χ2n) is 4.86. The van der Waals surface area contributed by atoms with Gasteiger partial charge in [-0.2, -0.15) is 0 Å². The topological polar surface area (TPSA) is 81.4 Å². The van der Waals surface area contributed by atoms with Crippen molar-refractivity contribution >= 4 is 27.3 Å². The monoisotopic (exact) mass is 334 g/mol. The van der Waals surface area contributed by atoms with Gasteiger partial charge in [-0.1, -0.05) is 24.9 Å². The number of anilines is 1. The van der Waals surface area contributed by atoms with Gasteiger partial charge in [0.1, 0.15) is 0 Å². The van der Waals surface area contributed by atoms with E-state index in [4.69, 9.17) is 22.1 Å². The zero-order valence-corrected chi connectivity index (χ0v) is 14.1. The van der Waals surface area contributed by atoms with E-state index in [0.717, 1.165) is 19.4 Å². The molecule has 0 heterocycles. The molecule has 0 aliphatic heterocycles. The third-order valence-corrected chi connectivity index (χ3v) is 4.91. The summed E-state index contributed by atoms with van der Waals surface area (Å²) in [6, 6.07) is 2.94. The van der Waals surface area contributed by atoms with Crippen molar-refractivity contribution in [3.63, 3.8) is 0 Å². The van der Waals surface area contributed by atoms with E-state index in [1.165, 1.54) is 6.07 Å². The Morgan fingerprint density at radius 2 is 1.95 bits per heavy atom. The number of aryl methyl sites for hydroxylation is 1. The van der Waals surface area contributed by atoms with Crippen molar-refractivity contribution in [3.05, 3.63) is 22.7 Å². The van der Waals surface area contributed by atoms with E-state index in [9.17, 15) is 8.42 Å². The lowest BCUT2D eigenvalue weighted by molar-refractivity contribution is 0.130. The first kappa shape index (κ1) is 18.2. The van der Waals surface area contributed by atoms with Gasteiger partial charge in [-0.25, -0.2) is 13.1 Å². The molecular weight excluding hydrogens is 312 g/mol. The highest BCUT2D eigenvalue weighted by atomic mass is 35.5. The number of hydrogen-bond acceptors (Lipinski definition) is 4. The Bertz CT molecular complexity index is 562. The maximum absolute atomic E-state index is 12.2. The van der Waals surface area contributed by atoms with Gasteiger partial charge in [0.25, 0.3) is 0 Å². The van der Waals surface area contributed by atoms with E-state index in [1.54, 1.807) is 13.0 Å². The molecule has 0 aromatic heterocycles. The SMILES string of the molecule is CCCCOCCCNS(=O)(=O)c1cc(N)c(Cl)cc1C. The summed E-state index contributed by atoms with van der Waals surface area (Å²) in [4.78, 5) is 0.163. The number of nitrogen functional groups attached to an aromatic ring is 1. The molecule has 0 aliphatic carbocycles. The highest BCUT2D eigenvalue weighted by Crippen LogP contribution is 2.25. The summed E-state index contributed by atoms with van der Waals surface area (Å²) < 4.78 is 32.3. The predicted molar refractivity (Wildman–Crippen MR) is 86.1 cm³/mol. The van der Waals surface area contributed by atoms with Crippen molar-refractivity contribution in [2.24, 2.45) is 0 Å². The molecule has 0 amide bonds. The highest BCUT2D eigenvalue weighted by molar-refractivity contribution is 7.89. The molecule has 1 aromatic rings. The molecule has 0 bridgehead atoms. The number of benzene rings is 1. The average molecular weight is 335 g/mol. The van der Waals surface area contributed by atoms with Crippen molar-refractivity contribution < 1.29 is 13.2 Å². The zero-order valence-electron chi connectivity index (χ0n) is 12.5. The third-order valence-electron chi connectivity index (χ3n) is 2.98.